The van der Waals surface area contributed by atoms with Gasteiger partial charge in [-0.15, -0.1) is 0 Å². The molecule has 1 N–H and O–H groups in total. The van der Waals surface area contributed by atoms with Crippen LogP contribution < -0.4 is 5.32 Å². The third-order valence-electron chi connectivity index (χ3n) is 3.19. The van der Waals surface area contributed by atoms with Gasteiger partial charge in [0.2, 0.25) is 0 Å². The topological polar surface area (TPSA) is 41.1 Å². The minimum atomic E-state index is 0.887. The number of hydrogen-bond acceptors (Lipinski definition) is 4. The van der Waals surface area contributed by atoms with Crippen LogP contribution in [0.1, 0.15) is 17.7 Å². The van der Waals surface area contributed by atoms with Crippen LogP contribution in [0.25, 0.3) is 0 Å². The maximum absolute atomic E-state index is 4.28. The standard InChI is InChI=1S/C16H22N4/c1-14-16(19-11-10-17-14)18-9-6-12-20(2)13-15-7-4-3-5-8-15/h3-5,7-8,10-11H,6,9,12-13H2,1-2H3,(H,18,19). The Balaban J connectivity index is 1.67. The van der Waals surface area contributed by atoms with Crippen molar-refractivity contribution in [2.45, 2.75) is 19.9 Å². The molecular formula is C16H22N4. The van der Waals surface area contributed by atoms with Gasteiger partial charge in [-0.05, 0) is 32.5 Å². The van der Waals surface area contributed by atoms with E-state index in [1.807, 2.05) is 6.92 Å². The number of hydrogen-bond donors (Lipinski definition) is 1. The zero-order valence-corrected chi connectivity index (χ0v) is 12.2. The summed E-state index contributed by atoms with van der Waals surface area (Å²) in [4.78, 5) is 10.8. The van der Waals surface area contributed by atoms with Gasteiger partial charge in [0.1, 0.15) is 5.82 Å². The van der Waals surface area contributed by atoms with Gasteiger partial charge in [-0.3, -0.25) is 4.98 Å². The Labute approximate surface area is 120 Å². The van der Waals surface area contributed by atoms with Gasteiger partial charge >= 0.3 is 0 Å². The molecule has 0 spiro atoms. The fourth-order valence-corrected chi connectivity index (χ4v) is 2.11. The maximum Gasteiger partial charge on any atom is 0.147 e. The highest BCUT2D eigenvalue weighted by atomic mass is 15.1. The van der Waals surface area contributed by atoms with Crippen LogP contribution in [0.4, 0.5) is 5.82 Å². The first-order valence-electron chi connectivity index (χ1n) is 6.99. The fraction of sp³-hybridized carbons (Fsp3) is 0.375. The summed E-state index contributed by atoms with van der Waals surface area (Å²) >= 11 is 0. The largest absolute Gasteiger partial charge is 0.369 e. The summed E-state index contributed by atoms with van der Waals surface area (Å²) in [6.07, 6.45) is 4.52. The van der Waals surface area contributed by atoms with Crippen molar-refractivity contribution in [2.75, 3.05) is 25.5 Å². The van der Waals surface area contributed by atoms with Crippen molar-refractivity contribution >= 4 is 5.82 Å². The molecule has 0 aliphatic heterocycles. The Morgan fingerprint density at radius 1 is 1.10 bits per heavy atom. The van der Waals surface area contributed by atoms with E-state index >= 15 is 0 Å². The van der Waals surface area contributed by atoms with Gasteiger partial charge in [0.15, 0.2) is 0 Å². The lowest BCUT2D eigenvalue weighted by molar-refractivity contribution is 0.325. The van der Waals surface area contributed by atoms with Crippen molar-refractivity contribution in [3.05, 3.63) is 54.0 Å². The summed E-state index contributed by atoms with van der Waals surface area (Å²) in [6.45, 7) is 4.93. The van der Waals surface area contributed by atoms with Crippen molar-refractivity contribution in [3.8, 4) is 0 Å². The molecule has 2 aromatic rings. The molecule has 1 heterocycles. The highest BCUT2D eigenvalue weighted by Crippen LogP contribution is 2.06. The van der Waals surface area contributed by atoms with Gasteiger partial charge < -0.3 is 10.2 Å². The smallest absolute Gasteiger partial charge is 0.147 e. The van der Waals surface area contributed by atoms with Gasteiger partial charge in [0, 0.05) is 25.5 Å². The van der Waals surface area contributed by atoms with E-state index in [2.05, 4.69) is 57.6 Å². The van der Waals surface area contributed by atoms with Crippen LogP contribution in [0.5, 0.6) is 0 Å². The number of benzene rings is 1. The average molecular weight is 270 g/mol. The van der Waals surface area contributed by atoms with Gasteiger partial charge in [-0.2, -0.15) is 0 Å². The predicted octanol–water partition coefficient (Wildman–Crippen LogP) is 2.72. The number of anilines is 1. The lowest BCUT2D eigenvalue weighted by Crippen LogP contribution is -2.21. The molecule has 1 aromatic carbocycles. The van der Waals surface area contributed by atoms with Crippen LogP contribution in [-0.2, 0) is 6.54 Å². The number of nitrogens with one attached hydrogen (secondary N) is 1. The second-order valence-corrected chi connectivity index (χ2v) is 4.99. The van der Waals surface area contributed by atoms with E-state index in [1.54, 1.807) is 12.4 Å². The van der Waals surface area contributed by atoms with Crippen molar-refractivity contribution in [3.63, 3.8) is 0 Å². The van der Waals surface area contributed by atoms with Gasteiger partial charge in [-0.25, -0.2) is 4.98 Å². The van der Waals surface area contributed by atoms with E-state index in [0.29, 0.717) is 0 Å². The Kier molecular flexibility index (Phi) is 5.50. The lowest BCUT2D eigenvalue weighted by Gasteiger charge is -2.17. The molecule has 0 aliphatic rings. The predicted molar refractivity (Wildman–Crippen MR) is 82.7 cm³/mol. The highest BCUT2D eigenvalue weighted by molar-refractivity contribution is 5.37. The minimum absolute atomic E-state index is 0.887. The summed E-state index contributed by atoms with van der Waals surface area (Å²) in [5.41, 5.74) is 2.30. The lowest BCUT2D eigenvalue weighted by atomic mass is 10.2. The highest BCUT2D eigenvalue weighted by Gasteiger charge is 2.01. The van der Waals surface area contributed by atoms with E-state index in [1.165, 1.54) is 5.56 Å². The van der Waals surface area contributed by atoms with Crippen LogP contribution in [0, 0.1) is 6.92 Å². The molecule has 1 aromatic heterocycles. The van der Waals surface area contributed by atoms with Crippen molar-refractivity contribution in [2.24, 2.45) is 0 Å². The number of rotatable bonds is 7. The molecule has 0 saturated heterocycles. The van der Waals surface area contributed by atoms with E-state index in [-0.39, 0.29) is 0 Å². The number of nitrogens with zero attached hydrogens (tertiary/aromatic N) is 3. The summed E-state index contributed by atoms with van der Waals surface area (Å²) in [7, 11) is 2.15. The quantitative estimate of drug-likeness (QED) is 0.785. The normalized spacial score (nSPS) is 10.8. The van der Waals surface area contributed by atoms with Crippen molar-refractivity contribution in [1.29, 1.82) is 0 Å². The molecule has 4 nitrogen and oxygen atoms in total. The second-order valence-electron chi connectivity index (χ2n) is 4.99. The van der Waals surface area contributed by atoms with E-state index in [0.717, 1.165) is 37.6 Å². The molecule has 0 saturated carbocycles. The molecule has 0 bridgehead atoms. The monoisotopic (exact) mass is 270 g/mol. The Hall–Kier alpha value is -1.94. The van der Waals surface area contributed by atoms with Crippen molar-refractivity contribution < 1.29 is 0 Å². The number of aryl methyl sites for hydroxylation is 1. The summed E-state index contributed by atoms with van der Waals surface area (Å²) in [6, 6.07) is 10.6. The molecule has 2 rings (SSSR count). The SMILES string of the molecule is Cc1nccnc1NCCCN(C)Cc1ccccc1. The second kappa shape index (κ2) is 7.60. The van der Waals surface area contributed by atoms with Crippen LogP contribution in [0.15, 0.2) is 42.7 Å². The molecular weight excluding hydrogens is 248 g/mol. The van der Waals surface area contributed by atoms with Gasteiger partial charge in [0.25, 0.3) is 0 Å². The fourth-order valence-electron chi connectivity index (χ4n) is 2.11. The molecule has 0 radical (unpaired) electrons. The third-order valence-corrected chi connectivity index (χ3v) is 3.19. The Bertz CT molecular complexity index is 513. The molecule has 0 fully saturated rings. The van der Waals surface area contributed by atoms with Crippen molar-refractivity contribution in [1.82, 2.24) is 14.9 Å². The number of aromatic nitrogens is 2. The molecule has 4 heteroatoms. The van der Waals surface area contributed by atoms with Crippen LogP contribution in [0.2, 0.25) is 0 Å². The maximum atomic E-state index is 4.28. The third kappa shape index (κ3) is 4.63. The first-order valence-corrected chi connectivity index (χ1v) is 6.99. The zero-order chi connectivity index (χ0) is 14.2. The summed E-state index contributed by atoms with van der Waals surface area (Å²) in [5, 5.41) is 3.33. The first-order chi connectivity index (χ1) is 9.75. The zero-order valence-electron chi connectivity index (χ0n) is 12.2. The molecule has 0 amide bonds. The first kappa shape index (κ1) is 14.5. The minimum Gasteiger partial charge on any atom is -0.369 e. The van der Waals surface area contributed by atoms with Gasteiger partial charge in [-0.1, -0.05) is 30.3 Å². The van der Waals surface area contributed by atoms with E-state index < -0.39 is 0 Å². The molecule has 0 unspecified atom stereocenters. The Morgan fingerprint density at radius 3 is 2.60 bits per heavy atom. The molecule has 106 valence electrons. The van der Waals surface area contributed by atoms with Crippen LogP contribution in [0.3, 0.4) is 0 Å². The van der Waals surface area contributed by atoms with E-state index in [4.69, 9.17) is 0 Å². The molecule has 0 atom stereocenters. The summed E-state index contributed by atoms with van der Waals surface area (Å²) < 4.78 is 0. The molecule has 20 heavy (non-hydrogen) atoms. The average Bonchev–Trinajstić information content (AvgIpc) is 2.46. The summed E-state index contributed by atoms with van der Waals surface area (Å²) in [5.74, 6) is 0.887. The van der Waals surface area contributed by atoms with Gasteiger partial charge in [0.05, 0.1) is 5.69 Å². The van der Waals surface area contributed by atoms with Crippen LogP contribution >= 0.6 is 0 Å². The Morgan fingerprint density at radius 2 is 1.85 bits per heavy atom. The van der Waals surface area contributed by atoms with E-state index in [9.17, 15) is 0 Å². The molecule has 0 aliphatic carbocycles. The van der Waals surface area contributed by atoms with Crippen LogP contribution in [-0.4, -0.2) is 35.0 Å².